The summed E-state index contributed by atoms with van der Waals surface area (Å²) in [6, 6.07) is 19.7. The molecule has 0 saturated carbocycles. The van der Waals surface area contributed by atoms with Crippen LogP contribution in [0.4, 0.5) is 0 Å². The first kappa shape index (κ1) is 15.5. The Morgan fingerprint density at radius 3 is 1.76 bits per heavy atom. The predicted octanol–water partition coefficient (Wildman–Crippen LogP) is 3.43. The lowest BCUT2D eigenvalue weighted by Gasteiger charge is -2.28. The summed E-state index contributed by atoms with van der Waals surface area (Å²) < 4.78 is 0. The molecule has 2 aromatic carbocycles. The van der Waals surface area contributed by atoms with Crippen molar-refractivity contribution in [2.45, 2.75) is 12.0 Å². The van der Waals surface area contributed by atoms with Gasteiger partial charge in [-0.15, -0.1) is 0 Å². The van der Waals surface area contributed by atoms with E-state index in [9.17, 15) is 5.11 Å². The Kier molecular flexibility index (Phi) is 5.32. The summed E-state index contributed by atoms with van der Waals surface area (Å²) in [6.45, 7) is 0.875. The van der Waals surface area contributed by atoms with Gasteiger partial charge in [0.25, 0.3) is 0 Å². The van der Waals surface area contributed by atoms with E-state index in [-0.39, 0.29) is 0 Å². The van der Waals surface area contributed by atoms with Gasteiger partial charge in [0.2, 0.25) is 0 Å². The minimum atomic E-state index is -0.981. The van der Waals surface area contributed by atoms with E-state index < -0.39 is 5.60 Å². The molecule has 0 saturated heterocycles. The molecular formula is C19H23NO. The van der Waals surface area contributed by atoms with Gasteiger partial charge in [-0.3, -0.25) is 0 Å². The molecule has 0 atom stereocenters. The van der Waals surface area contributed by atoms with Crippen molar-refractivity contribution < 1.29 is 5.11 Å². The van der Waals surface area contributed by atoms with Gasteiger partial charge in [0.05, 0.1) is 0 Å². The molecule has 0 heterocycles. The van der Waals surface area contributed by atoms with Gasteiger partial charge in [-0.25, -0.2) is 0 Å². The summed E-state index contributed by atoms with van der Waals surface area (Å²) >= 11 is 0. The molecule has 0 aromatic heterocycles. The maximum absolute atomic E-state index is 11.3. The third-order valence-corrected chi connectivity index (χ3v) is 3.55. The van der Waals surface area contributed by atoms with Crippen molar-refractivity contribution in [1.29, 1.82) is 0 Å². The third kappa shape index (κ3) is 4.03. The van der Waals surface area contributed by atoms with Crippen LogP contribution < -0.4 is 0 Å². The van der Waals surface area contributed by atoms with Crippen molar-refractivity contribution in [2.24, 2.45) is 0 Å². The minimum absolute atomic E-state index is 0.564. The van der Waals surface area contributed by atoms with Gasteiger partial charge in [-0.2, -0.15) is 0 Å². The first-order chi connectivity index (χ1) is 10.1. The highest BCUT2D eigenvalue weighted by Gasteiger charge is 2.29. The lowest BCUT2D eigenvalue weighted by Crippen LogP contribution is -2.26. The molecule has 0 aliphatic carbocycles. The Morgan fingerprint density at radius 2 is 1.33 bits per heavy atom. The largest absolute Gasteiger partial charge is 0.380 e. The molecule has 1 N–H and O–H groups in total. The van der Waals surface area contributed by atoms with Crippen LogP contribution in [0, 0.1) is 0 Å². The topological polar surface area (TPSA) is 23.5 Å². The summed E-state index contributed by atoms with van der Waals surface area (Å²) in [7, 11) is 4.07. The van der Waals surface area contributed by atoms with E-state index in [2.05, 4.69) is 17.1 Å². The number of hydrogen-bond acceptors (Lipinski definition) is 2. The van der Waals surface area contributed by atoms with E-state index in [0.717, 1.165) is 17.7 Å². The fourth-order valence-corrected chi connectivity index (χ4v) is 2.37. The second-order valence-corrected chi connectivity index (χ2v) is 5.53. The van der Waals surface area contributed by atoms with Gasteiger partial charge in [-0.05, 0) is 25.2 Å². The Hall–Kier alpha value is -1.90. The van der Waals surface area contributed by atoms with E-state index in [1.807, 2.05) is 74.8 Å². The SMILES string of the molecule is CN(C)C/C=C/CC(O)(c1ccccc1)c1ccccc1. The van der Waals surface area contributed by atoms with E-state index in [1.54, 1.807) is 0 Å². The number of likely N-dealkylation sites (N-methyl/N-ethyl adjacent to an activating group) is 1. The molecule has 2 rings (SSSR count). The quantitative estimate of drug-likeness (QED) is 0.820. The highest BCUT2D eigenvalue weighted by Crippen LogP contribution is 2.33. The zero-order chi connectivity index (χ0) is 15.1. The Bertz CT molecular complexity index is 521. The van der Waals surface area contributed by atoms with Crippen molar-refractivity contribution in [1.82, 2.24) is 4.90 Å². The molecule has 0 unspecified atom stereocenters. The first-order valence-corrected chi connectivity index (χ1v) is 7.26. The molecular weight excluding hydrogens is 258 g/mol. The zero-order valence-electron chi connectivity index (χ0n) is 12.7. The number of rotatable bonds is 6. The summed E-state index contributed by atoms with van der Waals surface area (Å²) in [5, 5.41) is 11.3. The molecule has 0 fully saturated rings. The van der Waals surface area contributed by atoms with Crippen molar-refractivity contribution in [3.05, 3.63) is 83.9 Å². The normalized spacial score (nSPS) is 12.2. The van der Waals surface area contributed by atoms with Crippen molar-refractivity contribution in [3.8, 4) is 0 Å². The third-order valence-electron chi connectivity index (χ3n) is 3.55. The molecule has 110 valence electrons. The Balaban J connectivity index is 2.29. The minimum Gasteiger partial charge on any atom is -0.380 e. The fourth-order valence-electron chi connectivity index (χ4n) is 2.37. The van der Waals surface area contributed by atoms with Gasteiger partial charge < -0.3 is 10.0 Å². The molecule has 2 aromatic rings. The van der Waals surface area contributed by atoms with Crippen LogP contribution in [-0.2, 0) is 5.60 Å². The highest BCUT2D eigenvalue weighted by molar-refractivity contribution is 5.36. The monoisotopic (exact) mass is 281 g/mol. The summed E-state index contributed by atoms with van der Waals surface area (Å²) in [6.07, 6.45) is 4.71. The molecule has 0 aliphatic rings. The second kappa shape index (κ2) is 7.21. The van der Waals surface area contributed by atoms with Crippen LogP contribution in [-0.4, -0.2) is 30.6 Å². The van der Waals surface area contributed by atoms with Gasteiger partial charge in [0, 0.05) is 13.0 Å². The van der Waals surface area contributed by atoms with Gasteiger partial charge in [0.15, 0.2) is 0 Å². The van der Waals surface area contributed by atoms with E-state index >= 15 is 0 Å². The maximum atomic E-state index is 11.3. The molecule has 0 spiro atoms. The fraction of sp³-hybridized carbons (Fsp3) is 0.263. The number of aliphatic hydroxyl groups is 1. The average Bonchev–Trinajstić information content (AvgIpc) is 2.53. The molecule has 0 bridgehead atoms. The smallest absolute Gasteiger partial charge is 0.118 e. The summed E-state index contributed by atoms with van der Waals surface area (Å²) in [4.78, 5) is 2.10. The van der Waals surface area contributed by atoms with Crippen LogP contribution >= 0.6 is 0 Å². The molecule has 0 amide bonds. The lowest BCUT2D eigenvalue weighted by atomic mass is 9.83. The Labute approximate surface area is 127 Å². The van der Waals surface area contributed by atoms with E-state index in [4.69, 9.17) is 0 Å². The van der Waals surface area contributed by atoms with Crippen LogP contribution in [0.1, 0.15) is 17.5 Å². The maximum Gasteiger partial charge on any atom is 0.118 e. The summed E-state index contributed by atoms with van der Waals surface area (Å²) in [5.74, 6) is 0. The lowest BCUT2D eigenvalue weighted by molar-refractivity contribution is 0.0840. The molecule has 2 heteroatoms. The van der Waals surface area contributed by atoms with Gasteiger partial charge in [-0.1, -0.05) is 72.8 Å². The van der Waals surface area contributed by atoms with Crippen molar-refractivity contribution >= 4 is 0 Å². The standard InChI is InChI=1S/C19H23NO/c1-20(2)16-10-9-15-19(21,17-11-5-3-6-12-17)18-13-7-4-8-14-18/h3-14,21H,15-16H2,1-2H3/b10-9+. The number of nitrogens with zero attached hydrogens (tertiary/aromatic N) is 1. The van der Waals surface area contributed by atoms with Crippen LogP contribution in [0.2, 0.25) is 0 Å². The van der Waals surface area contributed by atoms with E-state index in [0.29, 0.717) is 6.42 Å². The second-order valence-electron chi connectivity index (χ2n) is 5.53. The van der Waals surface area contributed by atoms with Crippen molar-refractivity contribution in [3.63, 3.8) is 0 Å². The number of hydrogen-bond donors (Lipinski definition) is 1. The molecule has 2 nitrogen and oxygen atoms in total. The van der Waals surface area contributed by atoms with Gasteiger partial charge >= 0.3 is 0 Å². The van der Waals surface area contributed by atoms with E-state index in [1.165, 1.54) is 0 Å². The summed E-state index contributed by atoms with van der Waals surface area (Å²) in [5.41, 5.74) is 0.863. The molecule has 0 aliphatic heterocycles. The van der Waals surface area contributed by atoms with Crippen molar-refractivity contribution in [2.75, 3.05) is 20.6 Å². The average molecular weight is 281 g/mol. The zero-order valence-corrected chi connectivity index (χ0v) is 12.7. The molecule has 21 heavy (non-hydrogen) atoms. The Morgan fingerprint density at radius 1 is 0.857 bits per heavy atom. The predicted molar refractivity (Wildman–Crippen MR) is 88.2 cm³/mol. The van der Waals surface area contributed by atoms with Crippen LogP contribution in [0.15, 0.2) is 72.8 Å². The van der Waals surface area contributed by atoms with Crippen LogP contribution in [0.3, 0.4) is 0 Å². The van der Waals surface area contributed by atoms with Crippen LogP contribution in [0.25, 0.3) is 0 Å². The number of benzene rings is 2. The van der Waals surface area contributed by atoms with Crippen LogP contribution in [0.5, 0.6) is 0 Å². The highest BCUT2D eigenvalue weighted by atomic mass is 16.3. The van der Waals surface area contributed by atoms with Gasteiger partial charge in [0.1, 0.15) is 5.60 Å². The molecule has 0 radical (unpaired) electrons. The first-order valence-electron chi connectivity index (χ1n) is 7.26.